The van der Waals surface area contributed by atoms with E-state index >= 15 is 0 Å². The van der Waals surface area contributed by atoms with Gasteiger partial charge < -0.3 is 9.47 Å². The molecule has 0 saturated heterocycles. The molecular weight excluding hydrogens is 227 g/mol. The number of Topliss-reactive ketones (excluding diaryl/α,β-unsaturated/α-hetero) is 1. The molecule has 0 saturated carbocycles. The van der Waals surface area contributed by atoms with Gasteiger partial charge in [-0.3, -0.25) is 4.79 Å². The van der Waals surface area contributed by atoms with Crippen molar-refractivity contribution in [3.63, 3.8) is 0 Å². The highest BCUT2D eigenvalue weighted by atomic mass is 19.1. The summed E-state index contributed by atoms with van der Waals surface area (Å²) in [7, 11) is 1.48. The predicted octanol–water partition coefficient (Wildman–Crippen LogP) is 1.72. The fourth-order valence-corrected chi connectivity index (χ4v) is 1.31. The summed E-state index contributed by atoms with van der Waals surface area (Å²) in [5.41, 5.74) is 0.319. The highest BCUT2D eigenvalue weighted by molar-refractivity contribution is 6.40. The first kappa shape index (κ1) is 13.3. The van der Waals surface area contributed by atoms with E-state index in [9.17, 15) is 14.0 Å². The van der Waals surface area contributed by atoms with Gasteiger partial charge in [-0.05, 0) is 24.6 Å². The van der Waals surface area contributed by atoms with Crippen LogP contribution in [0.4, 0.5) is 4.39 Å². The lowest BCUT2D eigenvalue weighted by Crippen LogP contribution is -2.19. The third kappa shape index (κ3) is 3.35. The second-order valence-corrected chi connectivity index (χ2v) is 3.30. The zero-order valence-electron chi connectivity index (χ0n) is 9.66. The maximum atomic E-state index is 13.4. The second kappa shape index (κ2) is 6.10. The molecule has 0 radical (unpaired) electrons. The molecule has 5 heteroatoms. The molecule has 0 bridgehead atoms. The summed E-state index contributed by atoms with van der Waals surface area (Å²) in [4.78, 5) is 22.8. The number of halogens is 1. The molecule has 0 N–H and O–H groups in total. The number of ether oxygens (including phenoxy) is 2. The average Bonchev–Trinajstić information content (AvgIpc) is 2.31. The summed E-state index contributed by atoms with van der Waals surface area (Å²) in [6.07, 6.45) is 0. The molecule has 0 unspecified atom stereocenters. The first-order valence-corrected chi connectivity index (χ1v) is 5.09. The van der Waals surface area contributed by atoms with Crippen LogP contribution in [0.2, 0.25) is 0 Å². The Bertz CT molecular complexity index is 429. The Kier molecular flexibility index (Phi) is 4.78. The highest BCUT2D eigenvalue weighted by Gasteiger charge is 2.21. The van der Waals surface area contributed by atoms with E-state index in [1.165, 1.54) is 19.2 Å². The van der Waals surface area contributed by atoms with Gasteiger partial charge in [0.05, 0.1) is 18.8 Å². The maximum absolute atomic E-state index is 13.4. The Morgan fingerprint density at radius 1 is 1.35 bits per heavy atom. The minimum atomic E-state index is -1.05. The normalized spacial score (nSPS) is 10.1. The van der Waals surface area contributed by atoms with Gasteiger partial charge >= 0.3 is 5.97 Å². The fraction of sp³-hybridized carbons (Fsp3) is 0.333. The standard InChI is InChI=1S/C12H13FO4/c1-3-17-12(15)11(14)9-6-8(7-16-2)4-5-10(9)13/h4-6H,3,7H2,1-2H3. The van der Waals surface area contributed by atoms with Crippen LogP contribution in [0, 0.1) is 5.82 Å². The lowest BCUT2D eigenvalue weighted by molar-refractivity contribution is -0.137. The number of ketones is 1. The van der Waals surface area contributed by atoms with Crippen LogP contribution in [0.3, 0.4) is 0 Å². The van der Waals surface area contributed by atoms with Crippen molar-refractivity contribution < 1.29 is 23.5 Å². The summed E-state index contributed by atoms with van der Waals surface area (Å²) >= 11 is 0. The van der Waals surface area contributed by atoms with Crippen LogP contribution >= 0.6 is 0 Å². The molecule has 1 aromatic rings. The zero-order valence-corrected chi connectivity index (χ0v) is 9.66. The summed E-state index contributed by atoms with van der Waals surface area (Å²) in [6, 6.07) is 3.90. The first-order chi connectivity index (χ1) is 8.10. The van der Waals surface area contributed by atoms with Gasteiger partial charge in [0.25, 0.3) is 5.78 Å². The van der Waals surface area contributed by atoms with Crippen LogP contribution in [0.5, 0.6) is 0 Å². The van der Waals surface area contributed by atoms with E-state index in [2.05, 4.69) is 4.74 Å². The Morgan fingerprint density at radius 3 is 2.65 bits per heavy atom. The van der Waals surface area contributed by atoms with Gasteiger partial charge in [0.1, 0.15) is 5.82 Å². The van der Waals surface area contributed by atoms with E-state index in [0.717, 1.165) is 6.07 Å². The number of esters is 1. The van der Waals surface area contributed by atoms with E-state index in [1.807, 2.05) is 0 Å². The smallest absolute Gasteiger partial charge is 0.379 e. The molecule has 0 aromatic heterocycles. The summed E-state index contributed by atoms with van der Waals surface area (Å²) < 4.78 is 22.8. The Balaban J connectivity index is 2.99. The molecular formula is C12H13FO4. The summed E-state index contributed by atoms with van der Waals surface area (Å²) in [5, 5.41) is 0. The van der Waals surface area contributed by atoms with Crippen molar-refractivity contribution in [2.24, 2.45) is 0 Å². The molecule has 4 nitrogen and oxygen atoms in total. The molecule has 0 aliphatic carbocycles. The largest absolute Gasteiger partial charge is 0.460 e. The van der Waals surface area contributed by atoms with E-state index in [4.69, 9.17) is 4.74 Å². The Morgan fingerprint density at radius 2 is 2.06 bits per heavy atom. The van der Waals surface area contributed by atoms with E-state index < -0.39 is 17.6 Å². The van der Waals surface area contributed by atoms with Gasteiger partial charge in [-0.1, -0.05) is 6.07 Å². The van der Waals surface area contributed by atoms with Crippen molar-refractivity contribution in [2.45, 2.75) is 13.5 Å². The number of carbonyl (C=O) groups is 2. The van der Waals surface area contributed by atoms with Gasteiger partial charge in [-0.25, -0.2) is 9.18 Å². The van der Waals surface area contributed by atoms with Crippen molar-refractivity contribution in [2.75, 3.05) is 13.7 Å². The summed E-state index contributed by atoms with van der Waals surface area (Å²) in [5.74, 6) is -2.79. The van der Waals surface area contributed by atoms with Crippen LogP contribution < -0.4 is 0 Å². The highest BCUT2D eigenvalue weighted by Crippen LogP contribution is 2.13. The van der Waals surface area contributed by atoms with Gasteiger partial charge in [0.2, 0.25) is 0 Å². The number of carbonyl (C=O) groups excluding carboxylic acids is 2. The Hall–Kier alpha value is -1.75. The molecule has 1 aromatic carbocycles. The van der Waals surface area contributed by atoms with Crippen molar-refractivity contribution >= 4 is 11.8 Å². The SMILES string of the molecule is CCOC(=O)C(=O)c1cc(COC)ccc1F. The molecule has 0 atom stereocenters. The molecule has 0 spiro atoms. The minimum absolute atomic E-state index is 0.0734. The number of hydrogen-bond acceptors (Lipinski definition) is 4. The number of methoxy groups -OCH3 is 1. The van der Waals surface area contributed by atoms with Crippen molar-refractivity contribution in [1.29, 1.82) is 0 Å². The fourth-order valence-electron chi connectivity index (χ4n) is 1.31. The third-order valence-electron chi connectivity index (χ3n) is 2.05. The topological polar surface area (TPSA) is 52.6 Å². The van der Waals surface area contributed by atoms with Gasteiger partial charge in [0.15, 0.2) is 0 Å². The third-order valence-corrected chi connectivity index (χ3v) is 2.05. The van der Waals surface area contributed by atoms with E-state index in [0.29, 0.717) is 5.56 Å². The predicted molar refractivity (Wildman–Crippen MR) is 58.1 cm³/mol. The second-order valence-electron chi connectivity index (χ2n) is 3.30. The number of rotatable bonds is 5. The molecule has 0 heterocycles. The molecule has 1 rings (SSSR count). The monoisotopic (exact) mass is 240 g/mol. The zero-order chi connectivity index (χ0) is 12.8. The first-order valence-electron chi connectivity index (χ1n) is 5.09. The van der Waals surface area contributed by atoms with Gasteiger partial charge in [-0.2, -0.15) is 0 Å². The van der Waals surface area contributed by atoms with Crippen LogP contribution in [0.1, 0.15) is 22.8 Å². The average molecular weight is 240 g/mol. The van der Waals surface area contributed by atoms with Crippen LogP contribution in [-0.4, -0.2) is 25.5 Å². The number of hydrogen-bond donors (Lipinski definition) is 0. The molecule has 0 aliphatic rings. The Labute approximate surface area is 98.3 Å². The molecule has 92 valence electrons. The summed E-state index contributed by atoms with van der Waals surface area (Å²) in [6.45, 7) is 1.89. The molecule has 17 heavy (non-hydrogen) atoms. The molecule has 0 amide bonds. The van der Waals surface area contributed by atoms with Crippen molar-refractivity contribution in [1.82, 2.24) is 0 Å². The minimum Gasteiger partial charge on any atom is -0.460 e. The van der Waals surface area contributed by atoms with Crippen LogP contribution in [-0.2, 0) is 20.9 Å². The maximum Gasteiger partial charge on any atom is 0.379 e. The lowest BCUT2D eigenvalue weighted by Gasteiger charge is -2.05. The molecule has 0 fully saturated rings. The lowest BCUT2D eigenvalue weighted by atomic mass is 10.1. The number of benzene rings is 1. The van der Waals surface area contributed by atoms with E-state index in [-0.39, 0.29) is 18.8 Å². The van der Waals surface area contributed by atoms with Crippen molar-refractivity contribution in [3.8, 4) is 0 Å². The van der Waals surface area contributed by atoms with Gasteiger partial charge in [0, 0.05) is 7.11 Å². The van der Waals surface area contributed by atoms with Crippen molar-refractivity contribution in [3.05, 3.63) is 35.1 Å². The van der Waals surface area contributed by atoms with Crippen LogP contribution in [0.25, 0.3) is 0 Å². The molecule has 0 aliphatic heterocycles. The quantitative estimate of drug-likeness (QED) is 0.446. The van der Waals surface area contributed by atoms with Gasteiger partial charge in [-0.15, -0.1) is 0 Å². The van der Waals surface area contributed by atoms with Crippen LogP contribution in [0.15, 0.2) is 18.2 Å². The van der Waals surface area contributed by atoms with E-state index in [1.54, 1.807) is 6.92 Å².